The average Bonchev–Trinajstić information content (AvgIpc) is 2.43. The molecular formula is C17H30N4O. The molecule has 2 amide bonds. The number of carbonyl (C=O) groups is 1. The molecule has 1 heterocycles. The van der Waals surface area contributed by atoms with E-state index in [0.717, 1.165) is 12.1 Å². The Hall–Kier alpha value is -1.62. The fourth-order valence-electron chi connectivity index (χ4n) is 2.50. The fourth-order valence-corrected chi connectivity index (χ4v) is 2.50. The second-order valence-electron chi connectivity index (χ2n) is 6.45. The van der Waals surface area contributed by atoms with Gasteiger partial charge in [0, 0.05) is 45.5 Å². The van der Waals surface area contributed by atoms with Crippen LogP contribution in [0.4, 0.5) is 10.6 Å². The zero-order chi connectivity index (χ0) is 16.9. The van der Waals surface area contributed by atoms with Crippen LogP contribution in [0.5, 0.6) is 0 Å². The normalized spacial score (nSPS) is 11.4. The molecule has 0 aliphatic rings. The van der Waals surface area contributed by atoms with E-state index in [4.69, 9.17) is 0 Å². The maximum Gasteiger partial charge on any atom is 0.325 e. The summed E-state index contributed by atoms with van der Waals surface area (Å²) in [6.07, 6.45) is 1.80. The molecule has 0 aliphatic heterocycles. The number of hydrogen-bond donors (Lipinski definition) is 0. The molecule has 22 heavy (non-hydrogen) atoms. The van der Waals surface area contributed by atoms with Gasteiger partial charge in [-0.15, -0.1) is 0 Å². The Morgan fingerprint density at radius 1 is 1.09 bits per heavy atom. The van der Waals surface area contributed by atoms with Gasteiger partial charge in [0.25, 0.3) is 0 Å². The van der Waals surface area contributed by atoms with Crippen molar-refractivity contribution in [1.29, 1.82) is 0 Å². The minimum absolute atomic E-state index is 0.0381. The van der Waals surface area contributed by atoms with Gasteiger partial charge < -0.3 is 4.90 Å². The Kier molecular flexibility index (Phi) is 6.81. The summed E-state index contributed by atoms with van der Waals surface area (Å²) in [6, 6.07) is 4.75. The van der Waals surface area contributed by atoms with Crippen LogP contribution in [0.1, 0.15) is 33.3 Å². The van der Waals surface area contributed by atoms with Crippen LogP contribution in [-0.2, 0) is 0 Å². The van der Waals surface area contributed by atoms with Gasteiger partial charge in [-0.1, -0.05) is 6.07 Å². The van der Waals surface area contributed by atoms with Crippen molar-refractivity contribution in [2.24, 2.45) is 0 Å². The van der Waals surface area contributed by atoms with E-state index in [9.17, 15) is 4.79 Å². The third-order valence-corrected chi connectivity index (χ3v) is 3.69. The predicted octanol–water partition coefficient (Wildman–Crippen LogP) is 3.00. The molecular weight excluding hydrogens is 276 g/mol. The number of carbonyl (C=O) groups excluding carboxylic acids is 1. The van der Waals surface area contributed by atoms with Crippen LogP contribution < -0.4 is 4.90 Å². The summed E-state index contributed by atoms with van der Waals surface area (Å²) < 4.78 is 0. The minimum atomic E-state index is -0.0381. The molecule has 0 spiro atoms. The van der Waals surface area contributed by atoms with Crippen LogP contribution in [0.2, 0.25) is 0 Å². The number of amides is 2. The molecule has 0 fully saturated rings. The quantitative estimate of drug-likeness (QED) is 0.811. The Bertz CT molecular complexity index is 460. The van der Waals surface area contributed by atoms with E-state index >= 15 is 0 Å². The maximum absolute atomic E-state index is 12.5. The highest BCUT2D eigenvalue weighted by Gasteiger charge is 2.21. The predicted molar refractivity (Wildman–Crippen MR) is 92.4 cm³/mol. The SMILES string of the molecule is Cc1ccc(N(CCN(C(C)C)C(C)C)C(=O)N(C)C)nc1. The van der Waals surface area contributed by atoms with Gasteiger partial charge in [0.1, 0.15) is 5.82 Å². The average molecular weight is 306 g/mol. The molecule has 0 unspecified atom stereocenters. The molecule has 0 aromatic carbocycles. The van der Waals surface area contributed by atoms with Gasteiger partial charge in [0.05, 0.1) is 0 Å². The number of nitrogens with zero attached hydrogens (tertiary/aromatic N) is 4. The topological polar surface area (TPSA) is 39.7 Å². The van der Waals surface area contributed by atoms with E-state index in [0.29, 0.717) is 24.4 Å². The van der Waals surface area contributed by atoms with Crippen molar-refractivity contribution in [1.82, 2.24) is 14.8 Å². The summed E-state index contributed by atoms with van der Waals surface area (Å²) in [4.78, 5) is 22.6. The van der Waals surface area contributed by atoms with Crippen molar-refractivity contribution in [2.45, 2.75) is 46.7 Å². The van der Waals surface area contributed by atoms with Crippen molar-refractivity contribution in [3.05, 3.63) is 23.9 Å². The zero-order valence-electron chi connectivity index (χ0n) is 15.0. The lowest BCUT2D eigenvalue weighted by Gasteiger charge is -2.33. The summed E-state index contributed by atoms with van der Waals surface area (Å²) in [5.41, 5.74) is 1.09. The van der Waals surface area contributed by atoms with Gasteiger partial charge in [-0.3, -0.25) is 9.80 Å². The Balaban J connectivity index is 2.92. The molecule has 5 nitrogen and oxygen atoms in total. The number of hydrogen-bond acceptors (Lipinski definition) is 3. The largest absolute Gasteiger partial charge is 0.330 e. The van der Waals surface area contributed by atoms with E-state index in [-0.39, 0.29) is 6.03 Å². The maximum atomic E-state index is 12.5. The number of rotatable bonds is 6. The Morgan fingerprint density at radius 3 is 2.09 bits per heavy atom. The summed E-state index contributed by atoms with van der Waals surface area (Å²) in [5.74, 6) is 0.705. The first-order valence-corrected chi connectivity index (χ1v) is 7.91. The molecule has 0 atom stereocenters. The van der Waals surface area contributed by atoms with Crippen LogP contribution in [-0.4, -0.2) is 60.1 Å². The van der Waals surface area contributed by atoms with E-state index < -0.39 is 0 Å². The fraction of sp³-hybridized carbons (Fsp3) is 0.647. The zero-order valence-corrected chi connectivity index (χ0v) is 15.0. The van der Waals surface area contributed by atoms with Gasteiger partial charge >= 0.3 is 6.03 Å². The van der Waals surface area contributed by atoms with E-state index in [1.165, 1.54) is 0 Å². The van der Waals surface area contributed by atoms with E-state index in [1.807, 2.05) is 19.1 Å². The third kappa shape index (κ3) is 4.98. The highest BCUT2D eigenvalue weighted by molar-refractivity contribution is 5.90. The van der Waals surface area contributed by atoms with E-state index in [2.05, 4.69) is 37.6 Å². The molecule has 1 rings (SSSR count). The lowest BCUT2D eigenvalue weighted by Crippen LogP contribution is -2.47. The number of pyridine rings is 1. The number of anilines is 1. The van der Waals surface area contributed by atoms with Crippen LogP contribution in [0, 0.1) is 6.92 Å². The first kappa shape index (κ1) is 18.4. The van der Waals surface area contributed by atoms with Gasteiger partial charge in [0.2, 0.25) is 0 Å². The smallest absolute Gasteiger partial charge is 0.325 e. The molecule has 124 valence electrons. The number of urea groups is 1. The highest BCUT2D eigenvalue weighted by atomic mass is 16.2. The Labute approximate surface area is 134 Å². The molecule has 0 bridgehead atoms. The highest BCUT2D eigenvalue weighted by Crippen LogP contribution is 2.14. The van der Waals surface area contributed by atoms with Gasteiger partial charge in [0.15, 0.2) is 0 Å². The van der Waals surface area contributed by atoms with Crippen LogP contribution in [0.3, 0.4) is 0 Å². The number of aryl methyl sites for hydroxylation is 1. The summed E-state index contributed by atoms with van der Waals surface area (Å²) in [7, 11) is 3.54. The first-order chi connectivity index (χ1) is 10.2. The van der Waals surface area contributed by atoms with Gasteiger partial charge in [-0.2, -0.15) is 0 Å². The van der Waals surface area contributed by atoms with E-state index in [1.54, 1.807) is 30.1 Å². The summed E-state index contributed by atoms with van der Waals surface area (Å²) in [6.45, 7) is 12.2. The molecule has 0 N–H and O–H groups in total. The molecule has 0 aliphatic carbocycles. The molecule has 0 saturated carbocycles. The van der Waals surface area contributed by atoms with Crippen LogP contribution in [0.15, 0.2) is 18.3 Å². The minimum Gasteiger partial charge on any atom is -0.330 e. The van der Waals surface area contributed by atoms with Crippen molar-refractivity contribution in [3.63, 3.8) is 0 Å². The first-order valence-electron chi connectivity index (χ1n) is 7.91. The molecule has 0 radical (unpaired) electrons. The van der Waals surface area contributed by atoms with Crippen molar-refractivity contribution >= 4 is 11.8 Å². The van der Waals surface area contributed by atoms with Crippen molar-refractivity contribution in [3.8, 4) is 0 Å². The molecule has 1 aromatic rings. The molecule has 5 heteroatoms. The van der Waals surface area contributed by atoms with Gasteiger partial charge in [-0.25, -0.2) is 9.78 Å². The van der Waals surface area contributed by atoms with Crippen LogP contribution >= 0.6 is 0 Å². The monoisotopic (exact) mass is 306 g/mol. The molecule has 1 aromatic heterocycles. The second-order valence-corrected chi connectivity index (χ2v) is 6.45. The summed E-state index contributed by atoms with van der Waals surface area (Å²) in [5, 5.41) is 0. The second kappa shape index (κ2) is 8.13. The Morgan fingerprint density at radius 2 is 1.68 bits per heavy atom. The van der Waals surface area contributed by atoms with Crippen LogP contribution in [0.25, 0.3) is 0 Å². The van der Waals surface area contributed by atoms with Crippen molar-refractivity contribution in [2.75, 3.05) is 32.1 Å². The lowest BCUT2D eigenvalue weighted by molar-refractivity contribution is 0.177. The third-order valence-electron chi connectivity index (χ3n) is 3.69. The lowest BCUT2D eigenvalue weighted by atomic mass is 10.2. The van der Waals surface area contributed by atoms with Gasteiger partial charge in [-0.05, 0) is 46.2 Å². The number of aromatic nitrogens is 1. The molecule has 0 saturated heterocycles. The standard InChI is InChI=1S/C17H30N4O/c1-13(2)20(14(3)4)10-11-21(17(22)19(6)7)16-9-8-15(5)12-18-16/h8-9,12-14H,10-11H2,1-7H3. The van der Waals surface area contributed by atoms with Crippen molar-refractivity contribution < 1.29 is 4.79 Å². The summed E-state index contributed by atoms with van der Waals surface area (Å²) >= 11 is 0.